The predicted octanol–water partition coefficient (Wildman–Crippen LogP) is 3.13. The maximum Gasteiger partial charge on any atom is 0.335 e. The van der Waals surface area contributed by atoms with Crippen molar-refractivity contribution >= 4 is 5.97 Å². The zero-order valence-electron chi connectivity index (χ0n) is 13.1. The summed E-state index contributed by atoms with van der Waals surface area (Å²) in [6.07, 6.45) is 1.26. The Morgan fingerprint density at radius 3 is 2.52 bits per heavy atom. The molecule has 21 heavy (non-hydrogen) atoms. The molecule has 116 valence electrons. The van der Waals surface area contributed by atoms with Crippen molar-refractivity contribution in [1.29, 1.82) is 0 Å². The lowest BCUT2D eigenvalue weighted by atomic mass is 9.80. The van der Waals surface area contributed by atoms with Crippen LogP contribution in [0.3, 0.4) is 0 Å². The summed E-state index contributed by atoms with van der Waals surface area (Å²) in [6.45, 7) is 10.8. The zero-order valence-corrected chi connectivity index (χ0v) is 13.1. The van der Waals surface area contributed by atoms with E-state index < -0.39 is 5.97 Å². The molecule has 2 rings (SSSR count). The van der Waals surface area contributed by atoms with E-state index in [4.69, 9.17) is 9.84 Å². The number of hydrogen-bond donors (Lipinski definition) is 1. The molecule has 0 aliphatic carbocycles. The highest BCUT2D eigenvalue weighted by Gasteiger charge is 2.31. The van der Waals surface area contributed by atoms with Gasteiger partial charge in [0, 0.05) is 13.1 Å². The summed E-state index contributed by atoms with van der Waals surface area (Å²) in [6, 6.07) is 6.57. The van der Waals surface area contributed by atoms with Gasteiger partial charge in [-0.15, -0.1) is 0 Å². The number of carboxylic acids is 1. The highest BCUT2D eigenvalue weighted by atomic mass is 16.5. The Bertz CT molecular complexity index is 476. The minimum absolute atomic E-state index is 0.287. The van der Waals surface area contributed by atoms with Gasteiger partial charge >= 0.3 is 5.97 Å². The van der Waals surface area contributed by atoms with Gasteiger partial charge in [0.25, 0.3) is 0 Å². The van der Waals surface area contributed by atoms with Crippen molar-refractivity contribution in [3.05, 3.63) is 29.8 Å². The number of carboxylic acid groups (broad SMARTS) is 1. The molecule has 1 N–H and O–H groups in total. The fourth-order valence-corrected chi connectivity index (χ4v) is 2.73. The van der Waals surface area contributed by atoms with E-state index in [0.717, 1.165) is 31.3 Å². The molecule has 1 unspecified atom stereocenters. The molecule has 1 fully saturated rings. The van der Waals surface area contributed by atoms with Gasteiger partial charge < -0.3 is 9.84 Å². The van der Waals surface area contributed by atoms with E-state index in [1.165, 1.54) is 6.42 Å². The maximum absolute atomic E-state index is 10.8. The third kappa shape index (κ3) is 4.46. The zero-order chi connectivity index (χ0) is 15.5. The summed E-state index contributed by atoms with van der Waals surface area (Å²) in [4.78, 5) is 13.2. The van der Waals surface area contributed by atoms with Gasteiger partial charge in [-0.3, -0.25) is 4.90 Å². The Balaban J connectivity index is 1.74. The fourth-order valence-electron chi connectivity index (χ4n) is 2.73. The summed E-state index contributed by atoms with van der Waals surface area (Å²) in [7, 11) is 0. The number of aromatic carboxylic acids is 1. The molecule has 4 heteroatoms. The Labute approximate surface area is 126 Å². The van der Waals surface area contributed by atoms with Crippen LogP contribution in [0.4, 0.5) is 0 Å². The molecular formula is C17H25NO3. The van der Waals surface area contributed by atoms with E-state index in [-0.39, 0.29) is 5.56 Å². The molecule has 0 aromatic heterocycles. The van der Waals surface area contributed by atoms with E-state index in [1.807, 2.05) is 0 Å². The van der Waals surface area contributed by atoms with E-state index in [1.54, 1.807) is 24.3 Å². The van der Waals surface area contributed by atoms with Crippen LogP contribution >= 0.6 is 0 Å². The summed E-state index contributed by atoms with van der Waals surface area (Å²) in [5.74, 6) is 0.575. The second kappa shape index (κ2) is 6.48. The number of likely N-dealkylation sites (tertiary alicyclic amines) is 1. The monoisotopic (exact) mass is 291 g/mol. The van der Waals surface area contributed by atoms with Gasteiger partial charge in [-0.05, 0) is 48.6 Å². The number of hydrogen-bond acceptors (Lipinski definition) is 3. The lowest BCUT2D eigenvalue weighted by Crippen LogP contribution is -2.29. The van der Waals surface area contributed by atoms with E-state index in [0.29, 0.717) is 12.0 Å². The average molecular weight is 291 g/mol. The van der Waals surface area contributed by atoms with Gasteiger partial charge in [0.1, 0.15) is 12.4 Å². The van der Waals surface area contributed by atoms with Gasteiger partial charge in [-0.2, -0.15) is 0 Å². The summed E-state index contributed by atoms with van der Waals surface area (Å²) < 4.78 is 5.69. The van der Waals surface area contributed by atoms with Crippen LogP contribution in [0, 0.1) is 11.3 Å². The Morgan fingerprint density at radius 1 is 1.33 bits per heavy atom. The van der Waals surface area contributed by atoms with Gasteiger partial charge in [-0.1, -0.05) is 20.8 Å². The van der Waals surface area contributed by atoms with Crippen LogP contribution in [-0.4, -0.2) is 42.2 Å². The molecule has 0 saturated carbocycles. The van der Waals surface area contributed by atoms with Gasteiger partial charge in [-0.25, -0.2) is 4.79 Å². The molecule has 0 amide bonds. The number of carbonyl (C=O) groups is 1. The molecule has 0 bridgehead atoms. The molecule has 0 spiro atoms. The smallest absolute Gasteiger partial charge is 0.335 e. The van der Waals surface area contributed by atoms with Gasteiger partial charge in [0.2, 0.25) is 0 Å². The van der Waals surface area contributed by atoms with E-state index >= 15 is 0 Å². The van der Waals surface area contributed by atoms with Crippen LogP contribution in [0.25, 0.3) is 0 Å². The Hall–Kier alpha value is -1.55. The third-order valence-corrected chi connectivity index (χ3v) is 4.27. The van der Waals surface area contributed by atoms with Crippen LogP contribution in [0.1, 0.15) is 37.6 Å². The van der Waals surface area contributed by atoms with Crippen LogP contribution in [-0.2, 0) is 0 Å². The standard InChI is InChI=1S/C17H25NO3/c1-17(2,3)14-8-9-18(12-14)10-11-21-15-6-4-13(5-7-15)16(19)20/h4-7,14H,8-12H2,1-3H3,(H,19,20). The average Bonchev–Trinajstić information content (AvgIpc) is 2.88. The van der Waals surface area contributed by atoms with Crippen molar-refractivity contribution in [2.45, 2.75) is 27.2 Å². The third-order valence-electron chi connectivity index (χ3n) is 4.27. The minimum atomic E-state index is -0.910. The highest BCUT2D eigenvalue weighted by Crippen LogP contribution is 2.33. The lowest BCUT2D eigenvalue weighted by molar-refractivity contribution is 0.0697. The molecule has 1 saturated heterocycles. The second-order valence-corrected chi connectivity index (χ2v) is 6.83. The predicted molar refractivity (Wildman–Crippen MR) is 82.9 cm³/mol. The van der Waals surface area contributed by atoms with Crippen molar-refractivity contribution in [3.63, 3.8) is 0 Å². The topological polar surface area (TPSA) is 49.8 Å². The first-order chi connectivity index (χ1) is 9.86. The van der Waals surface area contributed by atoms with Crippen LogP contribution in [0.15, 0.2) is 24.3 Å². The normalized spacial score (nSPS) is 19.7. The Kier molecular flexibility index (Phi) is 4.88. The molecule has 4 nitrogen and oxygen atoms in total. The van der Waals surface area contributed by atoms with Crippen LogP contribution in [0.5, 0.6) is 5.75 Å². The lowest BCUT2D eigenvalue weighted by Gasteiger charge is -2.27. The molecule has 1 heterocycles. The number of rotatable bonds is 5. The summed E-state index contributed by atoms with van der Waals surface area (Å²) in [5.41, 5.74) is 0.664. The van der Waals surface area contributed by atoms with Crippen molar-refractivity contribution in [2.75, 3.05) is 26.2 Å². The largest absolute Gasteiger partial charge is 0.492 e. The molecule has 1 aromatic carbocycles. The first kappa shape index (κ1) is 15.8. The van der Waals surface area contributed by atoms with Crippen LogP contribution in [0.2, 0.25) is 0 Å². The quantitative estimate of drug-likeness (QED) is 0.905. The summed E-state index contributed by atoms with van der Waals surface area (Å²) >= 11 is 0. The van der Waals surface area contributed by atoms with E-state index in [2.05, 4.69) is 25.7 Å². The summed E-state index contributed by atoms with van der Waals surface area (Å²) in [5, 5.41) is 8.84. The number of nitrogens with zero attached hydrogens (tertiary/aromatic N) is 1. The molecule has 1 atom stereocenters. The minimum Gasteiger partial charge on any atom is -0.492 e. The van der Waals surface area contributed by atoms with Crippen molar-refractivity contribution in [2.24, 2.45) is 11.3 Å². The Morgan fingerprint density at radius 2 is 2.00 bits per heavy atom. The first-order valence-corrected chi connectivity index (χ1v) is 7.55. The molecule has 1 aliphatic heterocycles. The highest BCUT2D eigenvalue weighted by molar-refractivity contribution is 5.87. The van der Waals surface area contributed by atoms with Crippen molar-refractivity contribution < 1.29 is 14.6 Å². The molecular weight excluding hydrogens is 266 g/mol. The van der Waals surface area contributed by atoms with Crippen molar-refractivity contribution in [3.8, 4) is 5.75 Å². The molecule has 1 aromatic rings. The maximum atomic E-state index is 10.8. The second-order valence-electron chi connectivity index (χ2n) is 6.83. The van der Waals surface area contributed by atoms with E-state index in [9.17, 15) is 4.79 Å². The number of ether oxygens (including phenoxy) is 1. The van der Waals surface area contributed by atoms with Crippen molar-refractivity contribution in [1.82, 2.24) is 4.90 Å². The molecule has 1 aliphatic rings. The van der Waals surface area contributed by atoms with Gasteiger partial charge in [0.05, 0.1) is 5.56 Å². The fraction of sp³-hybridized carbons (Fsp3) is 0.588. The number of benzene rings is 1. The van der Waals surface area contributed by atoms with Gasteiger partial charge in [0.15, 0.2) is 0 Å². The first-order valence-electron chi connectivity index (χ1n) is 7.55. The SMILES string of the molecule is CC(C)(C)C1CCN(CCOc2ccc(C(=O)O)cc2)C1. The molecule has 0 radical (unpaired) electrons. The van der Waals surface area contributed by atoms with Crippen LogP contribution < -0.4 is 4.74 Å².